The molecule has 0 radical (unpaired) electrons. The highest BCUT2D eigenvalue weighted by molar-refractivity contribution is 7.99. The second-order valence-electron chi connectivity index (χ2n) is 5.16. The van der Waals surface area contributed by atoms with Gasteiger partial charge < -0.3 is 15.5 Å². The van der Waals surface area contributed by atoms with Gasteiger partial charge in [-0.25, -0.2) is 0 Å². The molecule has 0 saturated carbocycles. The minimum atomic E-state index is 0.901. The van der Waals surface area contributed by atoms with Crippen LogP contribution in [0.1, 0.15) is 5.56 Å². The molecular weight excluding hydrogens is 266 g/mol. The molecule has 20 heavy (non-hydrogen) atoms. The van der Waals surface area contributed by atoms with Gasteiger partial charge in [-0.2, -0.15) is 0 Å². The maximum absolute atomic E-state index is 3.52. The number of nitrogens with one attached hydrogen (secondary N) is 2. The number of rotatable bonds is 3. The van der Waals surface area contributed by atoms with Gasteiger partial charge >= 0.3 is 0 Å². The van der Waals surface area contributed by atoms with E-state index in [0.717, 1.165) is 6.54 Å². The highest BCUT2D eigenvalue weighted by Crippen LogP contribution is 2.45. The van der Waals surface area contributed by atoms with Crippen molar-refractivity contribution in [1.29, 1.82) is 0 Å². The molecule has 1 aliphatic rings. The van der Waals surface area contributed by atoms with Crippen LogP contribution >= 0.6 is 11.8 Å². The predicted octanol–water partition coefficient (Wildman–Crippen LogP) is 3.68. The molecule has 2 aromatic carbocycles. The molecule has 0 spiro atoms. The van der Waals surface area contributed by atoms with E-state index in [2.05, 4.69) is 66.0 Å². The zero-order valence-corrected chi connectivity index (χ0v) is 12.8. The number of nitrogens with zero attached hydrogens (tertiary/aromatic N) is 1. The SMILES string of the molecule is CNCc1ccc2c(c1)Sc1cc(N(C)C)ccc1N2. The fourth-order valence-electron chi connectivity index (χ4n) is 2.31. The van der Waals surface area contributed by atoms with Gasteiger partial charge in [-0.15, -0.1) is 0 Å². The molecule has 2 N–H and O–H groups in total. The average Bonchev–Trinajstić information content (AvgIpc) is 2.44. The summed E-state index contributed by atoms with van der Waals surface area (Å²) in [6.07, 6.45) is 0. The van der Waals surface area contributed by atoms with Crippen molar-refractivity contribution in [1.82, 2.24) is 5.32 Å². The van der Waals surface area contributed by atoms with Gasteiger partial charge in [0.25, 0.3) is 0 Å². The summed E-state index contributed by atoms with van der Waals surface area (Å²) < 4.78 is 0. The largest absolute Gasteiger partial charge is 0.378 e. The van der Waals surface area contributed by atoms with Crippen molar-refractivity contribution in [2.24, 2.45) is 0 Å². The van der Waals surface area contributed by atoms with E-state index in [-0.39, 0.29) is 0 Å². The highest BCUT2D eigenvalue weighted by Gasteiger charge is 2.16. The van der Waals surface area contributed by atoms with Crippen LogP contribution in [-0.4, -0.2) is 21.1 Å². The van der Waals surface area contributed by atoms with Crippen LogP contribution in [0.2, 0.25) is 0 Å². The molecule has 2 aromatic rings. The fourth-order valence-corrected chi connectivity index (χ4v) is 3.39. The minimum Gasteiger partial charge on any atom is -0.378 e. The van der Waals surface area contributed by atoms with E-state index >= 15 is 0 Å². The third-order valence-corrected chi connectivity index (χ3v) is 4.51. The van der Waals surface area contributed by atoms with Crippen LogP contribution in [0.15, 0.2) is 46.2 Å². The molecular formula is C16H19N3S. The van der Waals surface area contributed by atoms with Crippen molar-refractivity contribution in [2.45, 2.75) is 16.3 Å². The van der Waals surface area contributed by atoms with Gasteiger partial charge in [0.1, 0.15) is 0 Å². The lowest BCUT2D eigenvalue weighted by molar-refractivity contribution is 0.815. The molecule has 0 unspecified atom stereocenters. The first-order chi connectivity index (χ1) is 9.67. The Hall–Kier alpha value is -1.65. The Morgan fingerprint density at radius 3 is 2.45 bits per heavy atom. The lowest BCUT2D eigenvalue weighted by atomic mass is 10.2. The molecule has 3 nitrogen and oxygen atoms in total. The second-order valence-corrected chi connectivity index (χ2v) is 6.25. The van der Waals surface area contributed by atoms with Crippen molar-refractivity contribution in [2.75, 3.05) is 31.4 Å². The predicted molar refractivity (Wildman–Crippen MR) is 87.4 cm³/mol. The van der Waals surface area contributed by atoms with Crippen molar-refractivity contribution < 1.29 is 0 Å². The van der Waals surface area contributed by atoms with E-state index in [1.807, 2.05) is 18.8 Å². The molecule has 0 saturated heterocycles. The van der Waals surface area contributed by atoms with Crippen molar-refractivity contribution in [3.63, 3.8) is 0 Å². The van der Waals surface area contributed by atoms with Crippen LogP contribution in [-0.2, 0) is 6.54 Å². The Balaban J connectivity index is 1.94. The molecule has 0 aromatic heterocycles. The van der Waals surface area contributed by atoms with Crippen LogP contribution in [0.5, 0.6) is 0 Å². The molecule has 0 amide bonds. The van der Waals surface area contributed by atoms with Crippen molar-refractivity contribution in [3.8, 4) is 0 Å². The molecule has 4 heteroatoms. The van der Waals surface area contributed by atoms with E-state index in [0.29, 0.717) is 0 Å². The van der Waals surface area contributed by atoms with Crippen molar-refractivity contribution >= 4 is 28.8 Å². The summed E-state index contributed by atoms with van der Waals surface area (Å²) in [5.74, 6) is 0. The van der Waals surface area contributed by atoms with Gasteiger partial charge in [-0.05, 0) is 42.9 Å². The number of fused-ring (bicyclic) bond motifs is 2. The first-order valence-electron chi connectivity index (χ1n) is 6.71. The number of benzene rings is 2. The normalized spacial score (nSPS) is 12.3. The number of hydrogen-bond acceptors (Lipinski definition) is 4. The summed E-state index contributed by atoms with van der Waals surface area (Å²) in [5, 5.41) is 6.71. The molecule has 1 aliphatic heterocycles. The first-order valence-corrected chi connectivity index (χ1v) is 7.53. The Labute approximate surface area is 124 Å². The first kappa shape index (κ1) is 13.3. The van der Waals surface area contributed by atoms with Crippen molar-refractivity contribution in [3.05, 3.63) is 42.0 Å². The smallest absolute Gasteiger partial charge is 0.0527 e. The molecule has 0 fully saturated rings. The molecule has 0 atom stereocenters. The Morgan fingerprint density at radius 2 is 1.75 bits per heavy atom. The molecule has 3 rings (SSSR count). The molecule has 1 heterocycles. The van der Waals surface area contributed by atoms with E-state index in [1.54, 1.807) is 0 Å². The monoisotopic (exact) mass is 285 g/mol. The minimum absolute atomic E-state index is 0.901. The van der Waals surface area contributed by atoms with Gasteiger partial charge in [0.05, 0.1) is 11.4 Å². The summed E-state index contributed by atoms with van der Waals surface area (Å²) in [6, 6.07) is 13.1. The lowest BCUT2D eigenvalue weighted by Crippen LogP contribution is -2.10. The lowest BCUT2D eigenvalue weighted by Gasteiger charge is -2.23. The quantitative estimate of drug-likeness (QED) is 0.767. The van der Waals surface area contributed by atoms with E-state index in [9.17, 15) is 0 Å². The van der Waals surface area contributed by atoms with Crippen LogP contribution in [0.3, 0.4) is 0 Å². The summed E-state index contributed by atoms with van der Waals surface area (Å²) in [7, 11) is 6.12. The zero-order valence-electron chi connectivity index (χ0n) is 12.0. The summed E-state index contributed by atoms with van der Waals surface area (Å²) >= 11 is 1.84. The highest BCUT2D eigenvalue weighted by atomic mass is 32.2. The van der Waals surface area contributed by atoms with Gasteiger partial charge in [-0.1, -0.05) is 17.8 Å². The van der Waals surface area contributed by atoms with E-state index in [1.165, 1.54) is 32.4 Å². The maximum atomic E-state index is 3.52. The second kappa shape index (κ2) is 5.38. The average molecular weight is 285 g/mol. The molecule has 0 aliphatic carbocycles. The Morgan fingerprint density at radius 1 is 1.05 bits per heavy atom. The van der Waals surface area contributed by atoms with Crippen LogP contribution in [0, 0.1) is 0 Å². The van der Waals surface area contributed by atoms with Gasteiger partial charge in [0, 0.05) is 36.1 Å². The summed E-state index contributed by atoms with van der Waals surface area (Å²) in [5.41, 5.74) is 4.93. The zero-order chi connectivity index (χ0) is 14.1. The Bertz CT molecular complexity index is 638. The summed E-state index contributed by atoms with van der Waals surface area (Å²) in [6.45, 7) is 0.901. The maximum Gasteiger partial charge on any atom is 0.0527 e. The van der Waals surface area contributed by atoms with Crippen LogP contribution < -0.4 is 15.5 Å². The van der Waals surface area contributed by atoms with Crippen LogP contribution in [0.4, 0.5) is 17.1 Å². The topological polar surface area (TPSA) is 27.3 Å². The molecule has 104 valence electrons. The number of anilines is 3. The third kappa shape index (κ3) is 2.49. The van der Waals surface area contributed by atoms with Gasteiger partial charge in [-0.3, -0.25) is 0 Å². The van der Waals surface area contributed by atoms with Crippen LogP contribution in [0.25, 0.3) is 0 Å². The fraction of sp³-hybridized carbons (Fsp3) is 0.250. The summed E-state index contributed by atoms with van der Waals surface area (Å²) in [4.78, 5) is 4.71. The third-order valence-electron chi connectivity index (χ3n) is 3.40. The molecule has 0 bridgehead atoms. The Kier molecular flexibility index (Phi) is 3.59. The standard InChI is InChI=1S/C16H19N3S/c1-17-10-11-4-6-13-15(8-11)20-16-9-12(19(2)3)5-7-14(16)18-13/h4-9,17-18H,10H2,1-3H3. The van der Waals surface area contributed by atoms with E-state index < -0.39 is 0 Å². The van der Waals surface area contributed by atoms with E-state index in [4.69, 9.17) is 0 Å². The number of hydrogen-bond donors (Lipinski definition) is 2. The van der Waals surface area contributed by atoms with Gasteiger partial charge in [0.15, 0.2) is 0 Å². The van der Waals surface area contributed by atoms with Gasteiger partial charge in [0.2, 0.25) is 0 Å².